The van der Waals surface area contributed by atoms with E-state index in [0.717, 1.165) is 27.6 Å². The Balaban J connectivity index is 0.000000623. The van der Waals surface area contributed by atoms with E-state index in [1.54, 1.807) is 33.5 Å². The molecule has 0 fully saturated rings. The molecule has 0 bridgehead atoms. The minimum Gasteiger partial charge on any atom is -0.507 e. The van der Waals surface area contributed by atoms with Gasteiger partial charge < -0.3 is 61.3 Å². The lowest BCUT2D eigenvalue weighted by Crippen LogP contribution is -2.16. The predicted octanol–water partition coefficient (Wildman–Crippen LogP) is 10.7. The van der Waals surface area contributed by atoms with Crippen LogP contribution in [0.5, 0.6) is 23.0 Å². The predicted molar refractivity (Wildman–Crippen MR) is 275 cm³/mol. The van der Waals surface area contributed by atoms with E-state index in [2.05, 4.69) is 29.5 Å². The molecule has 0 saturated heterocycles. The van der Waals surface area contributed by atoms with Gasteiger partial charge in [-0.05, 0) is 77.3 Å². The second-order valence-electron chi connectivity index (χ2n) is 15.7. The molecule has 2 aromatic rings. The lowest BCUT2D eigenvalue weighted by molar-refractivity contribution is -0.146. The highest BCUT2D eigenvalue weighted by Gasteiger charge is 2.33. The van der Waals surface area contributed by atoms with E-state index in [0.29, 0.717) is 72.3 Å². The summed E-state index contributed by atoms with van der Waals surface area (Å²) < 4.78 is 66.9. The molecule has 2 heterocycles. The molecule has 2 aliphatic rings. The van der Waals surface area contributed by atoms with Gasteiger partial charge in [0.2, 0.25) is 0 Å². The first-order valence-electron chi connectivity index (χ1n) is 21.9. The number of alkyl halides is 1. The highest BCUT2D eigenvalue weighted by molar-refractivity contribution is 9.09. The van der Waals surface area contributed by atoms with Gasteiger partial charge >= 0.3 is 40.1 Å². The number of fused-ring (bicyclic) bond motifs is 2. The summed E-state index contributed by atoms with van der Waals surface area (Å²) in [7, 11) is 8.82. The Kier molecular flexibility index (Phi) is 29.5. The number of carbonyl (C=O) groups is 4. The van der Waals surface area contributed by atoms with E-state index in [4.69, 9.17) is 37.5 Å². The molecule has 4 rings (SSSR count). The number of methoxy groups -OCH3 is 4. The first kappa shape index (κ1) is 64.4. The number of phenols is 2. The fourth-order valence-corrected chi connectivity index (χ4v) is 9.21. The first-order valence-corrected chi connectivity index (χ1v) is 25.9. The van der Waals surface area contributed by atoms with Crippen molar-refractivity contribution in [3.05, 3.63) is 92.1 Å². The summed E-state index contributed by atoms with van der Waals surface area (Å²) in [5.74, 6) is -1.60. The summed E-state index contributed by atoms with van der Waals surface area (Å²) in [6.07, 6.45) is 13.8. The molecule has 2 aliphatic heterocycles. The smallest absolute Gasteiger partial charge is 0.342 e. The van der Waals surface area contributed by atoms with E-state index in [-0.39, 0.29) is 67.3 Å². The quantitative estimate of drug-likeness (QED) is 0.0327. The van der Waals surface area contributed by atoms with Crippen LogP contribution in [0.2, 0.25) is 0 Å². The van der Waals surface area contributed by atoms with Crippen LogP contribution in [-0.4, -0.2) is 110 Å². The van der Waals surface area contributed by atoms with Crippen LogP contribution in [0.3, 0.4) is 0 Å². The van der Waals surface area contributed by atoms with Gasteiger partial charge in [0.25, 0.3) is 0 Å². The molecule has 0 aliphatic carbocycles. The minimum absolute atomic E-state index is 0. The largest absolute Gasteiger partial charge is 0.507 e. The number of benzene rings is 2. The zero-order valence-electron chi connectivity index (χ0n) is 42.4. The van der Waals surface area contributed by atoms with Crippen molar-refractivity contribution < 1.29 is 85.0 Å². The van der Waals surface area contributed by atoms with Crippen molar-refractivity contribution in [1.82, 2.24) is 0 Å². The Morgan fingerprint density at radius 2 is 1.06 bits per heavy atom. The van der Waals surface area contributed by atoms with Gasteiger partial charge in [0, 0.05) is 63.1 Å². The van der Waals surface area contributed by atoms with Gasteiger partial charge in [-0.3, -0.25) is 14.2 Å². The van der Waals surface area contributed by atoms with Gasteiger partial charge in [-0.25, -0.2) is 9.59 Å². The molecule has 71 heavy (non-hydrogen) atoms. The fourth-order valence-electron chi connectivity index (χ4n) is 7.65. The molecule has 2 aromatic carbocycles. The third-order valence-corrected chi connectivity index (χ3v) is 14.4. The molecule has 0 amide bonds. The maximum absolute atomic E-state index is 12.3. The number of cyclic esters (lactones) is 2. The number of esters is 4. The Hall–Kier alpha value is -4.58. The van der Waals surface area contributed by atoms with Crippen LogP contribution in [-0.2, 0) is 81.8 Å². The van der Waals surface area contributed by atoms with E-state index < -0.39 is 34.1 Å². The Bertz CT molecular complexity index is 2270. The number of rotatable bonds is 24. The van der Waals surface area contributed by atoms with Crippen molar-refractivity contribution in [2.75, 3.05) is 75.5 Å². The van der Waals surface area contributed by atoms with Crippen molar-refractivity contribution in [2.45, 2.75) is 86.9 Å². The summed E-state index contributed by atoms with van der Waals surface area (Å²) in [6, 6.07) is 0. The Labute approximate surface area is 428 Å². The molecule has 0 radical (unpaired) electrons. The van der Waals surface area contributed by atoms with Crippen molar-refractivity contribution in [2.24, 2.45) is 11.8 Å². The average molecular weight is 1100 g/mol. The zero-order valence-corrected chi connectivity index (χ0v) is 45.8. The number of phenolic OH excluding ortho intramolecular Hbond substituents is 2. The van der Waals surface area contributed by atoms with Gasteiger partial charge in [0.05, 0.1) is 46.4 Å². The molecule has 0 spiro atoms. The molecule has 21 heteroatoms. The van der Waals surface area contributed by atoms with Gasteiger partial charge in [0.15, 0.2) is 0 Å². The van der Waals surface area contributed by atoms with Crippen LogP contribution in [0.4, 0.5) is 0 Å². The lowest BCUT2D eigenvalue weighted by Gasteiger charge is -2.16. The maximum Gasteiger partial charge on any atom is 0.342 e. The summed E-state index contributed by atoms with van der Waals surface area (Å²) in [6.45, 7) is 7.73. The van der Waals surface area contributed by atoms with E-state index in [1.165, 1.54) is 42.7 Å². The highest BCUT2D eigenvalue weighted by atomic mass is 79.9. The van der Waals surface area contributed by atoms with Crippen LogP contribution in [0.15, 0.2) is 47.6 Å². The number of ether oxygens (including phenoxy) is 6. The van der Waals surface area contributed by atoms with Crippen LogP contribution in [0, 0.1) is 25.7 Å². The molecule has 2 unspecified atom stereocenters. The number of aromatic hydroxyl groups is 2. The minimum atomic E-state index is -3.15. The lowest BCUT2D eigenvalue weighted by atomic mass is 9.93. The summed E-state index contributed by atoms with van der Waals surface area (Å²) in [5, 5.41) is 22.2. The number of carbonyl (C=O) groups excluding carboxylic acids is 4. The molecule has 398 valence electrons. The van der Waals surface area contributed by atoms with Gasteiger partial charge in [-0.2, -0.15) is 0 Å². The zero-order chi connectivity index (χ0) is 52.7. The van der Waals surface area contributed by atoms with Crippen LogP contribution < -0.4 is 9.47 Å². The topological polar surface area (TPSA) is 227 Å². The SMILES string of the molecule is C.COC(=O)C(C/C=C/CBr)C/C(C)=C/Cc1c(O)c2c(c(C)c1OC)COC2=O.COC(=O)C(C/C=C/CP(=O)(OC)OC)C/C(C)=C/Cc1c(O)c2c(c(C)c1OC)COC2=O.COP(OC)OC. The monoisotopic (exact) mass is 1100 g/mol. The average Bonchev–Trinajstić information content (AvgIpc) is 3.96. The van der Waals surface area contributed by atoms with E-state index >= 15 is 0 Å². The standard InChI is InChI=1S/C24H33O9P.C22H27BrO6.C3H9O3P.CH4/c1-15(13-17(23(26)30-4)9-7-8-12-34(28,31-5)32-6)10-11-18-21(25)20-19(14-33-24(20)27)16(2)22(18)29-3;1-13(11-15(21(25)28-4)7-5-6-10-23)8-9-16-19(24)18-17(12-29-22(18)26)14(2)20(16)27-3;1-4-7(5-2)6-3;/h7-8,10,17,25H,9,11-14H2,1-6H3;5-6,8,15,24H,7,9-12H2,1-4H3;1-3H3;1H4/b8-7+,15-10+;6-5+,13-8+;;. The molecule has 2 atom stereocenters. The molecular weight excluding hydrogens is 1030 g/mol. The Morgan fingerprint density at radius 1 is 0.676 bits per heavy atom. The first-order chi connectivity index (χ1) is 33.3. The number of hydrogen-bond donors (Lipinski definition) is 2. The molecule has 0 saturated carbocycles. The van der Waals surface area contributed by atoms with E-state index in [9.17, 15) is 34.0 Å². The molecule has 2 N–H and O–H groups in total. The highest BCUT2D eigenvalue weighted by Crippen LogP contribution is 2.46. The third-order valence-electron chi connectivity index (χ3n) is 11.4. The summed E-state index contributed by atoms with van der Waals surface area (Å²) in [4.78, 5) is 48.4. The summed E-state index contributed by atoms with van der Waals surface area (Å²) >= 11 is 3.32. The van der Waals surface area contributed by atoms with Crippen LogP contribution >= 0.6 is 32.1 Å². The molecule has 0 aromatic heterocycles. The molecule has 18 nitrogen and oxygen atoms in total. The Morgan fingerprint density at radius 3 is 1.37 bits per heavy atom. The van der Waals surface area contributed by atoms with Crippen LogP contribution in [0.1, 0.15) is 101 Å². The molecular formula is C50H73BrO18P2. The van der Waals surface area contributed by atoms with Gasteiger partial charge in [-0.15, -0.1) is 0 Å². The second kappa shape index (κ2) is 32.5. The van der Waals surface area contributed by atoms with Crippen molar-refractivity contribution >= 4 is 56.0 Å². The normalized spacial score (nSPS) is 14.1. The van der Waals surface area contributed by atoms with Crippen molar-refractivity contribution in [3.63, 3.8) is 0 Å². The fraction of sp³-hybridized carbons (Fsp3) is 0.520. The number of allylic oxidation sites excluding steroid dienone is 8. The van der Waals surface area contributed by atoms with Gasteiger partial charge in [-0.1, -0.05) is 71.0 Å². The second-order valence-corrected chi connectivity index (χ2v) is 20.2. The maximum atomic E-state index is 12.3. The van der Waals surface area contributed by atoms with E-state index in [1.807, 2.05) is 52.0 Å². The van der Waals surface area contributed by atoms with Crippen molar-refractivity contribution in [1.29, 1.82) is 0 Å². The third kappa shape index (κ3) is 18.1. The van der Waals surface area contributed by atoms with Crippen molar-refractivity contribution in [3.8, 4) is 23.0 Å². The number of hydrogen-bond acceptors (Lipinski definition) is 18. The van der Waals surface area contributed by atoms with Gasteiger partial charge in [0.1, 0.15) is 47.3 Å². The number of halogens is 1. The summed E-state index contributed by atoms with van der Waals surface area (Å²) in [5.41, 5.74) is 6.14. The van der Waals surface area contributed by atoms with Crippen LogP contribution in [0.25, 0.3) is 0 Å².